The van der Waals surface area contributed by atoms with Crippen LogP contribution in [0, 0.1) is 11.3 Å². The second kappa shape index (κ2) is 5.32. The standard InChI is InChI=1S/C16H13N3S/c1-11(15-7-4-8-20-15)18-16-13(10-17)9-12-5-2-3-6-14(12)19-16/h2-9,11H,1H3,(H,18,19). The van der Waals surface area contributed by atoms with E-state index < -0.39 is 0 Å². The molecule has 1 aromatic carbocycles. The number of aromatic nitrogens is 1. The lowest BCUT2D eigenvalue weighted by Crippen LogP contribution is -2.08. The van der Waals surface area contributed by atoms with E-state index in [4.69, 9.17) is 0 Å². The fraction of sp³-hybridized carbons (Fsp3) is 0.125. The number of nitriles is 1. The number of thiophene rings is 1. The maximum Gasteiger partial charge on any atom is 0.145 e. The van der Waals surface area contributed by atoms with Crippen LogP contribution >= 0.6 is 11.3 Å². The van der Waals surface area contributed by atoms with Crippen molar-refractivity contribution in [3.63, 3.8) is 0 Å². The lowest BCUT2D eigenvalue weighted by atomic mass is 10.1. The zero-order valence-electron chi connectivity index (χ0n) is 11.0. The van der Waals surface area contributed by atoms with E-state index in [1.165, 1.54) is 4.88 Å². The fourth-order valence-electron chi connectivity index (χ4n) is 2.13. The SMILES string of the molecule is CC(Nc1nc2ccccc2cc1C#N)c1cccs1. The predicted molar refractivity (Wildman–Crippen MR) is 82.8 cm³/mol. The molecule has 0 aliphatic heterocycles. The first-order chi connectivity index (χ1) is 9.78. The summed E-state index contributed by atoms with van der Waals surface area (Å²) in [5.74, 6) is 0.645. The molecular weight excluding hydrogens is 266 g/mol. The summed E-state index contributed by atoms with van der Waals surface area (Å²) in [6, 6.07) is 16.2. The number of benzene rings is 1. The van der Waals surface area contributed by atoms with Crippen LogP contribution in [0.4, 0.5) is 5.82 Å². The molecule has 0 spiro atoms. The van der Waals surface area contributed by atoms with Crippen LogP contribution in [-0.4, -0.2) is 4.98 Å². The van der Waals surface area contributed by atoms with Gasteiger partial charge in [0.25, 0.3) is 0 Å². The van der Waals surface area contributed by atoms with Crippen LogP contribution in [0.1, 0.15) is 23.4 Å². The number of pyridine rings is 1. The monoisotopic (exact) mass is 279 g/mol. The highest BCUT2D eigenvalue weighted by molar-refractivity contribution is 7.10. The largest absolute Gasteiger partial charge is 0.362 e. The van der Waals surface area contributed by atoms with Gasteiger partial charge in [-0.05, 0) is 30.5 Å². The first-order valence-electron chi connectivity index (χ1n) is 6.38. The Bertz CT molecular complexity index is 772. The Balaban J connectivity index is 2.00. The molecule has 3 nitrogen and oxygen atoms in total. The van der Waals surface area contributed by atoms with E-state index in [1.807, 2.05) is 41.8 Å². The number of anilines is 1. The molecule has 2 heterocycles. The van der Waals surface area contributed by atoms with Crippen LogP contribution in [0.25, 0.3) is 10.9 Å². The predicted octanol–water partition coefficient (Wildman–Crippen LogP) is 4.34. The molecule has 20 heavy (non-hydrogen) atoms. The molecule has 98 valence electrons. The first-order valence-corrected chi connectivity index (χ1v) is 7.26. The number of fused-ring (bicyclic) bond motifs is 1. The van der Waals surface area contributed by atoms with Gasteiger partial charge in [-0.2, -0.15) is 5.26 Å². The summed E-state index contributed by atoms with van der Waals surface area (Å²) in [5, 5.41) is 15.7. The third-order valence-corrected chi connectivity index (χ3v) is 4.22. The van der Waals surface area contributed by atoms with E-state index in [1.54, 1.807) is 11.3 Å². The highest BCUT2D eigenvalue weighted by atomic mass is 32.1. The Hall–Kier alpha value is -2.38. The van der Waals surface area contributed by atoms with Crippen LogP contribution in [0.2, 0.25) is 0 Å². The number of hydrogen-bond acceptors (Lipinski definition) is 4. The van der Waals surface area contributed by atoms with Gasteiger partial charge in [0.1, 0.15) is 11.9 Å². The van der Waals surface area contributed by atoms with Crippen molar-refractivity contribution in [1.82, 2.24) is 4.98 Å². The molecule has 3 aromatic rings. The smallest absolute Gasteiger partial charge is 0.145 e. The second-order valence-corrected chi connectivity index (χ2v) is 5.55. The van der Waals surface area contributed by atoms with Gasteiger partial charge in [0.2, 0.25) is 0 Å². The number of para-hydroxylation sites is 1. The number of rotatable bonds is 3. The maximum atomic E-state index is 9.29. The quantitative estimate of drug-likeness (QED) is 0.775. The molecule has 0 aliphatic carbocycles. The lowest BCUT2D eigenvalue weighted by Gasteiger charge is -2.14. The lowest BCUT2D eigenvalue weighted by molar-refractivity contribution is 0.897. The van der Waals surface area contributed by atoms with E-state index in [0.29, 0.717) is 11.4 Å². The molecule has 1 atom stereocenters. The molecule has 0 aliphatic rings. The zero-order chi connectivity index (χ0) is 13.9. The summed E-state index contributed by atoms with van der Waals surface area (Å²) in [6.45, 7) is 2.07. The van der Waals surface area contributed by atoms with E-state index in [2.05, 4.69) is 29.4 Å². The van der Waals surface area contributed by atoms with Crippen LogP contribution in [-0.2, 0) is 0 Å². The maximum absolute atomic E-state index is 9.29. The number of nitrogens with one attached hydrogen (secondary N) is 1. The topological polar surface area (TPSA) is 48.7 Å². The molecule has 0 fully saturated rings. The molecule has 1 unspecified atom stereocenters. The van der Waals surface area contributed by atoms with Crippen molar-refractivity contribution < 1.29 is 0 Å². The molecule has 2 aromatic heterocycles. The van der Waals surface area contributed by atoms with Gasteiger partial charge in [0.15, 0.2) is 0 Å². The third-order valence-electron chi connectivity index (χ3n) is 3.17. The minimum Gasteiger partial charge on any atom is -0.362 e. The van der Waals surface area contributed by atoms with Crippen molar-refractivity contribution in [2.24, 2.45) is 0 Å². The first kappa shape index (κ1) is 12.6. The average Bonchev–Trinajstić information content (AvgIpc) is 3.01. The van der Waals surface area contributed by atoms with E-state index in [9.17, 15) is 5.26 Å². The van der Waals surface area contributed by atoms with Gasteiger partial charge in [-0.15, -0.1) is 11.3 Å². The van der Waals surface area contributed by atoms with E-state index in [0.717, 1.165) is 10.9 Å². The molecule has 0 amide bonds. The van der Waals surface area contributed by atoms with Gasteiger partial charge in [-0.1, -0.05) is 24.3 Å². The molecule has 0 saturated heterocycles. The van der Waals surface area contributed by atoms with Crippen LogP contribution in [0.15, 0.2) is 47.8 Å². The molecule has 0 saturated carbocycles. The summed E-state index contributed by atoms with van der Waals surface area (Å²) in [7, 11) is 0. The summed E-state index contributed by atoms with van der Waals surface area (Å²) in [6.07, 6.45) is 0. The number of hydrogen-bond donors (Lipinski definition) is 1. The van der Waals surface area contributed by atoms with Crippen molar-refractivity contribution in [2.75, 3.05) is 5.32 Å². The zero-order valence-corrected chi connectivity index (χ0v) is 11.8. The highest BCUT2D eigenvalue weighted by Gasteiger charge is 2.11. The Morgan fingerprint density at radius 1 is 1.25 bits per heavy atom. The van der Waals surface area contributed by atoms with Gasteiger partial charge in [-0.3, -0.25) is 0 Å². The van der Waals surface area contributed by atoms with Crippen molar-refractivity contribution in [2.45, 2.75) is 13.0 Å². The van der Waals surface area contributed by atoms with Crippen molar-refractivity contribution in [3.05, 3.63) is 58.3 Å². The molecule has 1 N–H and O–H groups in total. The summed E-state index contributed by atoms with van der Waals surface area (Å²) in [4.78, 5) is 5.79. The van der Waals surface area contributed by atoms with Crippen molar-refractivity contribution in [3.8, 4) is 6.07 Å². The molecular formula is C16H13N3S. The van der Waals surface area contributed by atoms with Gasteiger partial charge >= 0.3 is 0 Å². The molecule has 3 rings (SSSR count). The Labute approximate surface area is 121 Å². The van der Waals surface area contributed by atoms with Crippen LogP contribution < -0.4 is 5.32 Å². The normalized spacial score (nSPS) is 12.0. The van der Waals surface area contributed by atoms with Gasteiger partial charge in [0.05, 0.1) is 17.1 Å². The molecule has 4 heteroatoms. The summed E-state index contributed by atoms with van der Waals surface area (Å²) in [5.41, 5.74) is 1.47. The van der Waals surface area contributed by atoms with E-state index in [-0.39, 0.29) is 6.04 Å². The highest BCUT2D eigenvalue weighted by Crippen LogP contribution is 2.26. The second-order valence-electron chi connectivity index (χ2n) is 4.57. The Morgan fingerprint density at radius 3 is 2.85 bits per heavy atom. The summed E-state index contributed by atoms with van der Waals surface area (Å²) < 4.78 is 0. The van der Waals surface area contributed by atoms with Crippen molar-refractivity contribution >= 4 is 28.1 Å². The summed E-state index contributed by atoms with van der Waals surface area (Å²) >= 11 is 1.69. The Morgan fingerprint density at radius 2 is 2.10 bits per heavy atom. The average molecular weight is 279 g/mol. The van der Waals surface area contributed by atoms with Gasteiger partial charge < -0.3 is 5.32 Å². The van der Waals surface area contributed by atoms with Crippen molar-refractivity contribution in [1.29, 1.82) is 5.26 Å². The third kappa shape index (κ3) is 2.36. The fourth-order valence-corrected chi connectivity index (χ4v) is 2.86. The van der Waals surface area contributed by atoms with Gasteiger partial charge in [-0.25, -0.2) is 4.98 Å². The Kier molecular flexibility index (Phi) is 3.36. The van der Waals surface area contributed by atoms with E-state index >= 15 is 0 Å². The number of nitrogens with zero attached hydrogens (tertiary/aromatic N) is 2. The molecule has 0 radical (unpaired) electrons. The molecule has 0 bridgehead atoms. The van der Waals surface area contributed by atoms with Crippen LogP contribution in [0.5, 0.6) is 0 Å². The van der Waals surface area contributed by atoms with Crippen LogP contribution in [0.3, 0.4) is 0 Å². The van der Waals surface area contributed by atoms with Gasteiger partial charge in [0, 0.05) is 10.3 Å². The minimum atomic E-state index is 0.135. The minimum absolute atomic E-state index is 0.135.